The quantitative estimate of drug-likeness (QED) is 0.345. The van der Waals surface area contributed by atoms with Crippen molar-refractivity contribution in [1.82, 2.24) is 0 Å². The smallest absolute Gasteiger partial charge is 0.109 e. The fourth-order valence-electron chi connectivity index (χ4n) is 4.47. The number of rotatable bonds is 7. The summed E-state index contributed by atoms with van der Waals surface area (Å²) >= 11 is 0. The predicted molar refractivity (Wildman–Crippen MR) is 146 cm³/mol. The Morgan fingerprint density at radius 3 is 1.00 bits per heavy atom. The lowest BCUT2D eigenvalue weighted by molar-refractivity contribution is 0.296. The summed E-state index contributed by atoms with van der Waals surface area (Å²) in [4.78, 5) is 0. The van der Waals surface area contributed by atoms with Crippen molar-refractivity contribution in [1.29, 1.82) is 0 Å². The molecule has 32 heavy (non-hydrogen) atoms. The van der Waals surface area contributed by atoms with Gasteiger partial charge in [-0.15, -0.1) is 0 Å². The van der Waals surface area contributed by atoms with Gasteiger partial charge in [-0.3, -0.25) is 0 Å². The third kappa shape index (κ3) is 5.73. The van der Waals surface area contributed by atoms with Crippen LogP contribution < -0.4 is 21.9 Å². The summed E-state index contributed by atoms with van der Waals surface area (Å²) in [7, 11) is 0.525. The van der Waals surface area contributed by atoms with E-state index in [1.54, 1.807) is 0 Å². The summed E-state index contributed by atoms with van der Waals surface area (Å²) in [5.41, 5.74) is 5.36. The lowest BCUT2D eigenvalue weighted by atomic mass is 9.13. The van der Waals surface area contributed by atoms with Gasteiger partial charge in [0, 0.05) is 13.0 Å². The van der Waals surface area contributed by atoms with Gasteiger partial charge < -0.3 is 5.11 Å². The van der Waals surface area contributed by atoms with Crippen LogP contribution in [0.4, 0.5) is 0 Å². The molecule has 4 rings (SSSR count). The number of benzene rings is 4. The molecule has 0 unspecified atom stereocenters. The Hall–Kier alpha value is -2.75. The molecule has 0 atom stereocenters. The van der Waals surface area contributed by atoms with Crippen LogP contribution in [0.5, 0.6) is 0 Å². The largest absolute Gasteiger partial charge is 0.396 e. The highest BCUT2D eigenvalue weighted by Gasteiger charge is 2.30. The van der Waals surface area contributed by atoms with Crippen LogP contribution in [0.1, 0.15) is 6.42 Å². The summed E-state index contributed by atoms with van der Waals surface area (Å²) in [5, 5.41) is 8.32. The minimum atomic E-state index is -1.22. The summed E-state index contributed by atoms with van der Waals surface area (Å²) in [5.74, 6) is 1.18. The van der Waals surface area contributed by atoms with E-state index in [1.807, 2.05) is 0 Å². The summed E-state index contributed by atoms with van der Waals surface area (Å²) in [6.45, 7) is 0.352. The first-order valence-corrected chi connectivity index (χ1v) is 13.4. The Kier molecular flexibility index (Phi) is 9.21. The van der Waals surface area contributed by atoms with Gasteiger partial charge in [-0.1, -0.05) is 121 Å². The molecule has 0 fully saturated rings. The van der Waals surface area contributed by atoms with Gasteiger partial charge in [-0.05, 0) is 10.9 Å². The van der Waals surface area contributed by atoms with Crippen LogP contribution in [-0.4, -0.2) is 36.1 Å². The van der Waals surface area contributed by atoms with Gasteiger partial charge in [0.1, 0.15) is 11.9 Å². The third-order valence-electron chi connectivity index (χ3n) is 5.91. The number of hydrogen-bond donors (Lipinski definition) is 1. The minimum absolute atomic E-state index is 0.352. The molecule has 164 valence electrons. The van der Waals surface area contributed by atoms with Crippen molar-refractivity contribution in [3.63, 3.8) is 0 Å². The Balaban J connectivity index is 0.000000360. The van der Waals surface area contributed by atoms with Crippen LogP contribution in [0.25, 0.3) is 0 Å². The SMILES string of the molecule is C[S+](C)CCCO.c1ccc([B-](c2ccccc2)(c2ccccc2)c2ccccc2)cc1. The average Bonchev–Trinajstić information content (AvgIpc) is 2.86. The maximum atomic E-state index is 8.32. The van der Waals surface area contributed by atoms with Crippen molar-refractivity contribution in [3.05, 3.63) is 121 Å². The van der Waals surface area contributed by atoms with Crippen molar-refractivity contribution < 1.29 is 5.11 Å². The zero-order valence-corrected chi connectivity index (χ0v) is 19.9. The van der Waals surface area contributed by atoms with Crippen LogP contribution >= 0.6 is 0 Å². The molecule has 4 aromatic rings. The molecule has 1 nitrogen and oxygen atoms in total. The van der Waals surface area contributed by atoms with E-state index in [-0.39, 0.29) is 0 Å². The minimum Gasteiger partial charge on any atom is -0.396 e. The summed E-state index contributed by atoms with van der Waals surface area (Å²) in [6, 6.07) is 43.5. The van der Waals surface area contributed by atoms with E-state index in [9.17, 15) is 0 Å². The van der Waals surface area contributed by atoms with Gasteiger partial charge in [-0.2, -0.15) is 21.9 Å². The van der Waals surface area contributed by atoms with Gasteiger partial charge in [0.25, 0.3) is 0 Å². The van der Waals surface area contributed by atoms with Crippen molar-refractivity contribution in [2.45, 2.75) is 6.42 Å². The fourth-order valence-corrected chi connectivity index (χ4v) is 5.18. The van der Waals surface area contributed by atoms with E-state index in [4.69, 9.17) is 5.11 Å². The molecule has 0 radical (unpaired) electrons. The van der Waals surface area contributed by atoms with E-state index in [2.05, 4.69) is 134 Å². The molecular formula is C29H33BOS. The Morgan fingerprint density at radius 1 is 0.531 bits per heavy atom. The van der Waals surface area contributed by atoms with Crippen molar-refractivity contribution in [2.75, 3.05) is 24.9 Å². The van der Waals surface area contributed by atoms with Crippen LogP contribution in [0.15, 0.2) is 121 Å². The molecule has 0 bridgehead atoms. The van der Waals surface area contributed by atoms with Gasteiger partial charge in [0.15, 0.2) is 0 Å². The highest BCUT2D eigenvalue weighted by molar-refractivity contribution is 7.95. The zero-order valence-electron chi connectivity index (χ0n) is 19.1. The Bertz CT molecular complexity index is 858. The molecule has 0 spiro atoms. The first-order valence-electron chi connectivity index (χ1n) is 11.2. The molecular weight excluding hydrogens is 407 g/mol. The highest BCUT2D eigenvalue weighted by Crippen LogP contribution is 2.09. The van der Waals surface area contributed by atoms with E-state index < -0.39 is 6.15 Å². The monoisotopic (exact) mass is 440 g/mol. The second kappa shape index (κ2) is 12.3. The van der Waals surface area contributed by atoms with Gasteiger partial charge in [-0.25, -0.2) is 0 Å². The van der Waals surface area contributed by atoms with E-state index in [0.717, 1.165) is 6.42 Å². The van der Waals surface area contributed by atoms with E-state index in [0.29, 0.717) is 17.5 Å². The molecule has 0 saturated heterocycles. The maximum absolute atomic E-state index is 8.32. The molecule has 0 aliphatic rings. The topological polar surface area (TPSA) is 20.2 Å². The summed E-state index contributed by atoms with van der Waals surface area (Å²) < 4.78 is 0. The van der Waals surface area contributed by atoms with Gasteiger partial charge in [0.05, 0.1) is 12.5 Å². The van der Waals surface area contributed by atoms with E-state index >= 15 is 0 Å². The van der Waals surface area contributed by atoms with Crippen LogP contribution in [-0.2, 0) is 10.9 Å². The number of aliphatic hydroxyl groups excluding tert-OH is 1. The molecule has 4 aromatic carbocycles. The molecule has 1 N–H and O–H groups in total. The molecule has 0 heterocycles. The molecule has 0 amide bonds. The Morgan fingerprint density at radius 2 is 0.812 bits per heavy atom. The first-order chi connectivity index (χ1) is 15.7. The predicted octanol–water partition coefficient (Wildman–Crippen LogP) is 3.31. The molecule has 0 aliphatic heterocycles. The van der Waals surface area contributed by atoms with Crippen LogP contribution in [0, 0.1) is 0 Å². The fraction of sp³-hybridized carbons (Fsp3) is 0.172. The normalized spacial score (nSPS) is 11.0. The van der Waals surface area contributed by atoms with Gasteiger partial charge in [0.2, 0.25) is 0 Å². The number of aliphatic hydroxyl groups is 1. The second-order valence-corrected chi connectivity index (χ2v) is 10.7. The first kappa shape index (κ1) is 23.9. The highest BCUT2D eigenvalue weighted by atomic mass is 32.2. The van der Waals surface area contributed by atoms with Gasteiger partial charge >= 0.3 is 0 Å². The second-order valence-electron chi connectivity index (χ2n) is 8.28. The van der Waals surface area contributed by atoms with Crippen molar-refractivity contribution in [3.8, 4) is 0 Å². The van der Waals surface area contributed by atoms with Crippen LogP contribution in [0.2, 0.25) is 0 Å². The molecule has 0 saturated carbocycles. The standard InChI is InChI=1S/C24H20B.C5H13OS/c1-5-13-21(14-6-1)25(22-15-7-2-8-16-22,23-17-9-3-10-18-23)24-19-11-4-12-20-24;1-7(2)5-3-4-6/h1-20H;6H,3-5H2,1-2H3/q-1;+1. The summed E-state index contributed by atoms with van der Waals surface area (Å²) in [6.07, 6.45) is 4.13. The molecule has 0 aromatic heterocycles. The molecule has 0 aliphatic carbocycles. The maximum Gasteiger partial charge on any atom is 0.109 e. The van der Waals surface area contributed by atoms with E-state index in [1.165, 1.54) is 27.6 Å². The third-order valence-corrected chi connectivity index (χ3v) is 7.01. The van der Waals surface area contributed by atoms with Crippen molar-refractivity contribution in [2.24, 2.45) is 0 Å². The Labute approximate surface area is 196 Å². The molecule has 3 heteroatoms. The zero-order chi connectivity index (χ0) is 22.7. The lowest BCUT2D eigenvalue weighted by Gasteiger charge is -2.44. The lowest BCUT2D eigenvalue weighted by Crippen LogP contribution is -2.74. The average molecular weight is 440 g/mol. The van der Waals surface area contributed by atoms with Crippen molar-refractivity contribution >= 4 is 38.9 Å². The van der Waals surface area contributed by atoms with Crippen LogP contribution in [0.3, 0.4) is 0 Å². The number of hydrogen-bond acceptors (Lipinski definition) is 1.